The molecule has 6 heteroatoms. The van der Waals surface area contributed by atoms with Crippen molar-refractivity contribution in [2.45, 2.75) is 19.9 Å². The van der Waals surface area contributed by atoms with Crippen LogP contribution in [0.25, 0.3) is 0 Å². The van der Waals surface area contributed by atoms with Crippen molar-refractivity contribution >= 4 is 11.6 Å². The lowest BCUT2D eigenvalue weighted by Crippen LogP contribution is -2.45. The molecule has 1 aromatic heterocycles. The first-order chi connectivity index (χ1) is 8.95. The van der Waals surface area contributed by atoms with Gasteiger partial charge in [0.05, 0.1) is 17.4 Å². The number of carbonyl (C=O) groups is 1. The highest BCUT2D eigenvalue weighted by Crippen LogP contribution is 2.13. The first-order valence-electron chi connectivity index (χ1n) is 6.32. The van der Waals surface area contributed by atoms with Gasteiger partial charge >= 0.3 is 0 Å². The van der Waals surface area contributed by atoms with E-state index in [2.05, 4.69) is 34.5 Å². The molecule has 0 aliphatic heterocycles. The summed E-state index contributed by atoms with van der Waals surface area (Å²) < 4.78 is 0. The quantitative estimate of drug-likeness (QED) is 0.520. The Labute approximate surface area is 114 Å². The largest absolute Gasteiger partial charge is 0.348 e. The molecule has 0 aliphatic carbocycles. The maximum Gasteiger partial charge on any atom is 0.253 e. The summed E-state index contributed by atoms with van der Waals surface area (Å²) in [6, 6.07) is 1.73. The van der Waals surface area contributed by atoms with Crippen LogP contribution in [0.2, 0.25) is 0 Å². The van der Waals surface area contributed by atoms with E-state index < -0.39 is 0 Å². The van der Waals surface area contributed by atoms with Gasteiger partial charge in [0, 0.05) is 18.8 Å². The Morgan fingerprint density at radius 2 is 2.16 bits per heavy atom. The summed E-state index contributed by atoms with van der Waals surface area (Å²) in [5.41, 5.74) is 3.51. The number of likely N-dealkylation sites (N-methyl/N-ethyl adjacent to an activating group) is 1. The lowest BCUT2D eigenvalue weighted by atomic mass is 10.0. The van der Waals surface area contributed by atoms with Crippen LogP contribution in [0.3, 0.4) is 0 Å². The van der Waals surface area contributed by atoms with E-state index >= 15 is 0 Å². The Kier molecular flexibility index (Phi) is 5.72. The maximum absolute atomic E-state index is 12.3. The molecule has 0 fully saturated rings. The number of rotatable bonds is 6. The lowest BCUT2D eigenvalue weighted by molar-refractivity contribution is 0.0917. The van der Waals surface area contributed by atoms with E-state index in [4.69, 9.17) is 5.84 Å². The predicted octanol–water partition coefficient (Wildman–Crippen LogP) is 0.683. The second-order valence-corrected chi connectivity index (χ2v) is 5.15. The van der Waals surface area contributed by atoms with Gasteiger partial charge in [-0.3, -0.25) is 15.6 Å². The van der Waals surface area contributed by atoms with Crippen LogP contribution in [0.4, 0.5) is 5.69 Å². The van der Waals surface area contributed by atoms with Crippen molar-refractivity contribution < 1.29 is 4.79 Å². The third kappa shape index (κ3) is 4.50. The number of aromatic nitrogens is 1. The van der Waals surface area contributed by atoms with Gasteiger partial charge in [0.25, 0.3) is 5.91 Å². The average molecular weight is 265 g/mol. The smallest absolute Gasteiger partial charge is 0.253 e. The Balaban J connectivity index is 2.81. The van der Waals surface area contributed by atoms with Crippen molar-refractivity contribution in [3.05, 3.63) is 24.0 Å². The van der Waals surface area contributed by atoms with Crippen LogP contribution in [-0.2, 0) is 0 Å². The van der Waals surface area contributed by atoms with Crippen LogP contribution in [0.15, 0.2) is 18.5 Å². The van der Waals surface area contributed by atoms with Crippen molar-refractivity contribution in [3.63, 3.8) is 0 Å². The molecule has 4 N–H and O–H groups in total. The Morgan fingerprint density at radius 3 is 2.68 bits per heavy atom. The zero-order chi connectivity index (χ0) is 14.4. The normalized spacial score (nSPS) is 12.6. The van der Waals surface area contributed by atoms with Crippen LogP contribution in [-0.4, -0.2) is 42.5 Å². The maximum atomic E-state index is 12.3. The minimum absolute atomic E-state index is 0.0845. The first kappa shape index (κ1) is 15.4. The molecule has 0 aromatic carbocycles. The molecule has 6 nitrogen and oxygen atoms in total. The molecule has 1 amide bonds. The molecular formula is C13H23N5O. The fourth-order valence-corrected chi connectivity index (χ4v) is 1.77. The van der Waals surface area contributed by atoms with E-state index in [1.54, 1.807) is 12.3 Å². The molecule has 0 saturated heterocycles. The number of hydrogen-bond acceptors (Lipinski definition) is 5. The van der Waals surface area contributed by atoms with Crippen molar-refractivity contribution in [1.29, 1.82) is 0 Å². The number of anilines is 1. The second-order valence-electron chi connectivity index (χ2n) is 5.15. The van der Waals surface area contributed by atoms with E-state index in [0.29, 0.717) is 17.2 Å². The van der Waals surface area contributed by atoms with Gasteiger partial charge in [-0.2, -0.15) is 0 Å². The molecule has 1 heterocycles. The summed E-state index contributed by atoms with van der Waals surface area (Å²) in [6.07, 6.45) is 3.11. The highest BCUT2D eigenvalue weighted by atomic mass is 16.1. The molecular weight excluding hydrogens is 242 g/mol. The molecule has 19 heavy (non-hydrogen) atoms. The second kappa shape index (κ2) is 7.06. The third-order valence-electron chi connectivity index (χ3n) is 2.90. The lowest BCUT2D eigenvalue weighted by Gasteiger charge is -2.26. The average Bonchev–Trinajstić information content (AvgIpc) is 2.37. The molecule has 1 rings (SSSR count). The minimum Gasteiger partial charge on any atom is -0.348 e. The number of hydrogen-bond donors (Lipinski definition) is 3. The summed E-state index contributed by atoms with van der Waals surface area (Å²) in [7, 11) is 3.97. The predicted molar refractivity (Wildman–Crippen MR) is 76.7 cm³/mol. The first-order valence-corrected chi connectivity index (χ1v) is 6.32. The van der Waals surface area contributed by atoms with Gasteiger partial charge < -0.3 is 15.6 Å². The number of nitrogen functional groups attached to an aromatic ring is 1. The molecule has 1 aromatic rings. The molecule has 0 bridgehead atoms. The number of amides is 1. The number of nitrogens with one attached hydrogen (secondary N) is 2. The Morgan fingerprint density at radius 1 is 1.47 bits per heavy atom. The van der Waals surface area contributed by atoms with Crippen LogP contribution < -0.4 is 16.6 Å². The molecule has 0 radical (unpaired) electrons. The van der Waals surface area contributed by atoms with Gasteiger partial charge in [0.1, 0.15) is 0 Å². The Bertz CT molecular complexity index is 419. The van der Waals surface area contributed by atoms with E-state index in [0.717, 1.165) is 6.54 Å². The summed E-state index contributed by atoms with van der Waals surface area (Å²) in [4.78, 5) is 18.3. The van der Waals surface area contributed by atoms with Gasteiger partial charge in [0.15, 0.2) is 0 Å². The zero-order valence-electron chi connectivity index (χ0n) is 12.0. The van der Waals surface area contributed by atoms with Crippen LogP contribution in [0, 0.1) is 5.92 Å². The van der Waals surface area contributed by atoms with E-state index in [1.807, 2.05) is 14.1 Å². The van der Waals surface area contributed by atoms with Gasteiger partial charge in [-0.05, 0) is 26.1 Å². The monoisotopic (exact) mass is 265 g/mol. The highest BCUT2D eigenvalue weighted by molar-refractivity contribution is 5.99. The van der Waals surface area contributed by atoms with Gasteiger partial charge in [0.2, 0.25) is 0 Å². The van der Waals surface area contributed by atoms with Crippen molar-refractivity contribution in [2.24, 2.45) is 11.8 Å². The van der Waals surface area contributed by atoms with E-state index in [1.165, 1.54) is 6.20 Å². The number of nitrogens with zero attached hydrogens (tertiary/aromatic N) is 2. The number of pyridine rings is 1. The Hall–Kier alpha value is -1.66. The van der Waals surface area contributed by atoms with Crippen LogP contribution in [0.5, 0.6) is 0 Å². The summed E-state index contributed by atoms with van der Waals surface area (Å²) in [5.74, 6) is 5.59. The third-order valence-corrected chi connectivity index (χ3v) is 2.90. The van der Waals surface area contributed by atoms with Gasteiger partial charge in [-0.1, -0.05) is 13.8 Å². The summed E-state index contributed by atoms with van der Waals surface area (Å²) in [5, 5.41) is 3.03. The summed E-state index contributed by atoms with van der Waals surface area (Å²) in [6.45, 7) is 4.96. The molecule has 1 atom stereocenters. The molecule has 0 spiro atoms. The van der Waals surface area contributed by atoms with Crippen molar-refractivity contribution in [1.82, 2.24) is 15.2 Å². The van der Waals surface area contributed by atoms with Crippen molar-refractivity contribution in [2.75, 3.05) is 26.1 Å². The van der Waals surface area contributed by atoms with Gasteiger partial charge in [-0.15, -0.1) is 0 Å². The fraction of sp³-hybridized carbons (Fsp3) is 0.538. The van der Waals surface area contributed by atoms with Crippen LogP contribution >= 0.6 is 0 Å². The number of nitrogens with two attached hydrogens (primary N) is 1. The molecule has 1 unspecified atom stereocenters. The number of hydrazine groups is 1. The topological polar surface area (TPSA) is 83.3 Å². The number of carbonyl (C=O) groups excluding carboxylic acids is 1. The fourth-order valence-electron chi connectivity index (χ4n) is 1.77. The SMILES string of the molecule is CC(C)C(CN(C)C)NC(=O)c1ccncc1NN. The van der Waals surface area contributed by atoms with Crippen molar-refractivity contribution in [3.8, 4) is 0 Å². The molecule has 0 aliphatic rings. The standard InChI is InChI=1S/C13H23N5O/c1-9(2)12(8-18(3)4)16-13(19)10-5-6-15-7-11(10)17-14/h5-7,9,12,17H,8,14H2,1-4H3,(H,16,19). The van der Waals surface area contributed by atoms with Crippen LogP contribution in [0.1, 0.15) is 24.2 Å². The minimum atomic E-state index is -0.143. The molecule has 0 saturated carbocycles. The van der Waals surface area contributed by atoms with Gasteiger partial charge in [-0.25, -0.2) is 0 Å². The van der Waals surface area contributed by atoms with E-state index in [9.17, 15) is 4.79 Å². The highest BCUT2D eigenvalue weighted by Gasteiger charge is 2.19. The zero-order valence-corrected chi connectivity index (χ0v) is 12.0. The molecule has 106 valence electrons. The van der Waals surface area contributed by atoms with E-state index in [-0.39, 0.29) is 11.9 Å². The summed E-state index contributed by atoms with van der Waals surface area (Å²) >= 11 is 0.